The molecule has 2 aromatic rings. The van der Waals surface area contributed by atoms with Gasteiger partial charge in [-0.1, -0.05) is 39.0 Å². The summed E-state index contributed by atoms with van der Waals surface area (Å²) in [6.45, 7) is 3.88. The second-order valence-electron chi connectivity index (χ2n) is 6.08. The number of unbranched alkanes of at least 4 members (excludes halogenated alkanes) is 1. The normalized spacial score (nSPS) is 12.6. The van der Waals surface area contributed by atoms with Gasteiger partial charge in [0.05, 0.1) is 25.0 Å². The summed E-state index contributed by atoms with van der Waals surface area (Å²) < 4.78 is 5.37. The van der Waals surface area contributed by atoms with E-state index in [0.717, 1.165) is 42.6 Å². The molecule has 0 unspecified atom stereocenters. The minimum atomic E-state index is 0. The second kappa shape index (κ2) is 9.70. The van der Waals surface area contributed by atoms with Crippen LogP contribution in [0.2, 0.25) is 0 Å². The number of hydrogen-bond acceptors (Lipinski definition) is 5. The Morgan fingerprint density at radius 1 is 1.15 bits per heavy atom. The zero-order valence-corrected chi connectivity index (χ0v) is 15.0. The number of rotatable bonds is 7. The molecule has 140 valence electrons. The van der Waals surface area contributed by atoms with Crippen molar-refractivity contribution < 1.29 is 4.74 Å². The summed E-state index contributed by atoms with van der Waals surface area (Å²) in [7, 11) is 1.68. The highest BCUT2D eigenvalue weighted by Crippen LogP contribution is 2.27. The maximum absolute atomic E-state index is 5.37. The molecule has 2 N–H and O–H groups in total. The molecule has 0 aliphatic carbocycles. The Hall–Kier alpha value is -2.69. The summed E-state index contributed by atoms with van der Waals surface area (Å²) in [6.07, 6.45) is 3.56. The molecule has 26 heavy (non-hydrogen) atoms. The second-order valence-corrected chi connectivity index (χ2v) is 6.08. The van der Waals surface area contributed by atoms with Gasteiger partial charge in [0, 0.05) is 12.6 Å². The number of nitrogens with zero attached hydrogens (tertiary/aromatic N) is 2. The van der Waals surface area contributed by atoms with Crippen LogP contribution in [0.15, 0.2) is 53.5 Å². The lowest BCUT2D eigenvalue weighted by atomic mass is 10.1. The Morgan fingerprint density at radius 2 is 1.96 bits per heavy atom. The Balaban J connectivity index is 0.00000243. The average molecular weight is 354 g/mol. The maximum Gasteiger partial charge on any atom is 0.210 e. The van der Waals surface area contributed by atoms with Crippen molar-refractivity contribution in [3.8, 4) is 5.75 Å². The van der Waals surface area contributed by atoms with Crippen molar-refractivity contribution in [3.05, 3.63) is 54.1 Å². The average Bonchev–Trinajstić information content (AvgIpc) is 3.18. The SMILES string of the molecule is C.CCCCc1ccc(N(NC2=NCCN2)c2cccc(OC)c2)cc1. The number of nitrogens with one attached hydrogen (secondary N) is 2. The summed E-state index contributed by atoms with van der Waals surface area (Å²) in [5, 5.41) is 5.29. The van der Waals surface area contributed by atoms with Gasteiger partial charge in [0.25, 0.3) is 0 Å². The van der Waals surface area contributed by atoms with E-state index in [9.17, 15) is 0 Å². The van der Waals surface area contributed by atoms with E-state index in [1.54, 1.807) is 7.11 Å². The zero-order chi connectivity index (χ0) is 17.5. The van der Waals surface area contributed by atoms with Crippen molar-refractivity contribution >= 4 is 17.3 Å². The minimum absolute atomic E-state index is 0. The van der Waals surface area contributed by atoms with Crippen molar-refractivity contribution in [2.75, 3.05) is 25.2 Å². The molecule has 0 atom stereocenters. The van der Waals surface area contributed by atoms with E-state index in [1.807, 2.05) is 23.2 Å². The highest BCUT2D eigenvalue weighted by atomic mass is 16.5. The third kappa shape index (κ3) is 4.91. The summed E-state index contributed by atoms with van der Waals surface area (Å²) in [4.78, 5) is 4.45. The van der Waals surface area contributed by atoms with Crippen LogP contribution in [0.5, 0.6) is 5.75 Å². The van der Waals surface area contributed by atoms with E-state index >= 15 is 0 Å². The van der Waals surface area contributed by atoms with Gasteiger partial charge in [-0.3, -0.25) is 15.4 Å². The van der Waals surface area contributed by atoms with Gasteiger partial charge in [-0.2, -0.15) is 0 Å². The molecule has 1 aliphatic rings. The van der Waals surface area contributed by atoms with E-state index in [2.05, 4.69) is 53.0 Å². The Labute approximate surface area is 157 Å². The molecule has 5 nitrogen and oxygen atoms in total. The van der Waals surface area contributed by atoms with Crippen LogP contribution in [0.25, 0.3) is 0 Å². The molecular weight excluding hydrogens is 324 g/mol. The van der Waals surface area contributed by atoms with Crippen molar-refractivity contribution in [2.24, 2.45) is 4.99 Å². The highest BCUT2D eigenvalue weighted by Gasteiger charge is 2.14. The molecule has 0 radical (unpaired) electrons. The Kier molecular flexibility index (Phi) is 7.33. The fraction of sp³-hybridized carbons (Fsp3) is 0.381. The molecule has 1 heterocycles. The van der Waals surface area contributed by atoms with Crippen LogP contribution < -0.4 is 20.5 Å². The molecule has 0 saturated heterocycles. The third-order valence-electron chi connectivity index (χ3n) is 4.22. The highest BCUT2D eigenvalue weighted by molar-refractivity contribution is 5.85. The summed E-state index contributed by atoms with van der Waals surface area (Å²) in [5.74, 6) is 1.61. The van der Waals surface area contributed by atoms with Crippen LogP contribution in [0.1, 0.15) is 32.8 Å². The number of guanidine groups is 1. The number of hydrogen-bond donors (Lipinski definition) is 2. The van der Waals surface area contributed by atoms with Crippen LogP contribution in [0.3, 0.4) is 0 Å². The van der Waals surface area contributed by atoms with Crippen molar-refractivity contribution in [1.29, 1.82) is 0 Å². The quantitative estimate of drug-likeness (QED) is 0.729. The number of aliphatic imine (C=N–C) groups is 1. The number of aryl methyl sites for hydroxylation is 1. The van der Waals surface area contributed by atoms with Crippen molar-refractivity contribution in [3.63, 3.8) is 0 Å². The molecule has 0 aromatic heterocycles. The lowest BCUT2D eigenvalue weighted by Gasteiger charge is -2.27. The maximum atomic E-state index is 5.37. The minimum Gasteiger partial charge on any atom is -0.497 e. The number of methoxy groups -OCH3 is 1. The predicted octanol–water partition coefficient (Wildman–Crippen LogP) is 4.28. The smallest absolute Gasteiger partial charge is 0.210 e. The van der Waals surface area contributed by atoms with E-state index in [4.69, 9.17) is 4.74 Å². The van der Waals surface area contributed by atoms with Crippen LogP contribution in [0, 0.1) is 0 Å². The first-order valence-electron chi connectivity index (χ1n) is 8.88. The molecule has 0 bridgehead atoms. The standard InChI is InChI=1S/C20H26N4O.CH4/c1-3-4-6-16-9-11-17(12-10-16)24(23-20-21-13-14-22-20)18-7-5-8-19(15-18)25-2;/h5,7-12,15H,3-4,6,13-14H2,1-2H3,(H2,21,22,23);1H4. The molecule has 2 aromatic carbocycles. The first kappa shape index (κ1) is 19.6. The largest absolute Gasteiger partial charge is 0.497 e. The van der Waals surface area contributed by atoms with Gasteiger partial charge < -0.3 is 10.1 Å². The predicted molar refractivity (Wildman–Crippen MR) is 110 cm³/mol. The first-order valence-corrected chi connectivity index (χ1v) is 8.88. The summed E-state index contributed by atoms with van der Waals surface area (Å²) in [5.41, 5.74) is 6.80. The van der Waals surface area contributed by atoms with Gasteiger partial charge in [0.1, 0.15) is 5.75 Å². The van der Waals surface area contributed by atoms with Gasteiger partial charge >= 0.3 is 0 Å². The van der Waals surface area contributed by atoms with E-state index in [0.29, 0.717) is 0 Å². The summed E-state index contributed by atoms with van der Waals surface area (Å²) in [6, 6.07) is 16.7. The number of hydrazine groups is 1. The van der Waals surface area contributed by atoms with Crippen molar-refractivity contribution in [1.82, 2.24) is 10.7 Å². The van der Waals surface area contributed by atoms with E-state index in [-0.39, 0.29) is 7.43 Å². The third-order valence-corrected chi connectivity index (χ3v) is 4.22. The fourth-order valence-electron chi connectivity index (χ4n) is 2.80. The molecule has 0 saturated carbocycles. The zero-order valence-electron chi connectivity index (χ0n) is 15.0. The Morgan fingerprint density at radius 3 is 2.62 bits per heavy atom. The molecule has 0 spiro atoms. The fourth-order valence-corrected chi connectivity index (χ4v) is 2.80. The molecule has 1 aliphatic heterocycles. The molecule has 3 rings (SSSR count). The van der Waals surface area contributed by atoms with Gasteiger partial charge in [0.2, 0.25) is 5.96 Å². The molecule has 0 amide bonds. The van der Waals surface area contributed by atoms with Crippen LogP contribution in [-0.2, 0) is 6.42 Å². The number of anilines is 2. The van der Waals surface area contributed by atoms with Crippen LogP contribution >= 0.6 is 0 Å². The van der Waals surface area contributed by atoms with Gasteiger partial charge in [-0.15, -0.1) is 0 Å². The molecule has 5 heteroatoms. The molecule has 0 fully saturated rings. The monoisotopic (exact) mass is 354 g/mol. The lowest BCUT2D eigenvalue weighted by Crippen LogP contribution is -2.44. The van der Waals surface area contributed by atoms with Gasteiger partial charge in [0.15, 0.2) is 0 Å². The topological polar surface area (TPSA) is 48.9 Å². The molecular formula is C21H30N4O. The van der Waals surface area contributed by atoms with Gasteiger partial charge in [-0.25, -0.2) is 0 Å². The van der Waals surface area contributed by atoms with Crippen LogP contribution in [0.4, 0.5) is 11.4 Å². The number of ether oxygens (including phenoxy) is 1. The van der Waals surface area contributed by atoms with E-state index < -0.39 is 0 Å². The van der Waals surface area contributed by atoms with Crippen molar-refractivity contribution in [2.45, 2.75) is 33.6 Å². The first-order chi connectivity index (χ1) is 12.3. The summed E-state index contributed by atoms with van der Waals surface area (Å²) >= 11 is 0. The van der Waals surface area contributed by atoms with Gasteiger partial charge in [-0.05, 0) is 42.7 Å². The van der Waals surface area contributed by atoms with Crippen LogP contribution in [-0.4, -0.2) is 26.2 Å². The lowest BCUT2D eigenvalue weighted by molar-refractivity contribution is 0.415. The Bertz CT molecular complexity index is 712. The van der Waals surface area contributed by atoms with E-state index in [1.165, 1.54) is 18.4 Å². The number of benzene rings is 2.